The molecule has 1 amide bonds. The van der Waals surface area contributed by atoms with Gasteiger partial charge in [-0.05, 0) is 69.7 Å². The van der Waals surface area contributed by atoms with Crippen LogP contribution in [0.15, 0.2) is 16.9 Å². The Bertz CT molecular complexity index is 1740. The minimum atomic E-state index is -1.95. The van der Waals surface area contributed by atoms with Crippen LogP contribution in [0.2, 0.25) is 0 Å². The number of esters is 1. The molecule has 0 radical (unpaired) electrons. The Morgan fingerprint density at radius 2 is 2.02 bits per heavy atom. The molecule has 4 heterocycles. The highest BCUT2D eigenvalue weighted by molar-refractivity contribution is 5.94. The Morgan fingerprint density at radius 3 is 2.71 bits per heavy atom. The van der Waals surface area contributed by atoms with E-state index in [9.17, 15) is 19.5 Å². The normalized spacial score (nSPS) is 21.4. The number of pyridine rings is 2. The highest BCUT2D eigenvalue weighted by Crippen LogP contribution is 2.46. The predicted octanol–water partition coefficient (Wildman–Crippen LogP) is 4.08. The molecule has 0 fully saturated rings. The van der Waals surface area contributed by atoms with Crippen molar-refractivity contribution < 1.29 is 28.6 Å². The molecule has 3 atom stereocenters. The van der Waals surface area contributed by atoms with Gasteiger partial charge in [0.05, 0.1) is 53.2 Å². The van der Waals surface area contributed by atoms with Crippen molar-refractivity contribution in [3.63, 3.8) is 0 Å². The molecule has 0 saturated heterocycles. The van der Waals surface area contributed by atoms with Crippen LogP contribution in [0.25, 0.3) is 22.3 Å². The van der Waals surface area contributed by atoms with Gasteiger partial charge in [-0.2, -0.15) is 0 Å². The highest BCUT2D eigenvalue weighted by Gasteiger charge is 2.46. The molecule has 222 valence electrons. The molecule has 42 heavy (non-hydrogen) atoms. The van der Waals surface area contributed by atoms with Crippen molar-refractivity contribution in [2.45, 2.75) is 91.2 Å². The zero-order valence-corrected chi connectivity index (χ0v) is 24.8. The molecular formula is C32H36FN3O6. The number of hydrogen-bond acceptors (Lipinski definition) is 7. The molecule has 3 aliphatic rings. The van der Waals surface area contributed by atoms with Crippen molar-refractivity contribution in [1.29, 1.82) is 0 Å². The van der Waals surface area contributed by atoms with Crippen molar-refractivity contribution >= 4 is 22.8 Å². The van der Waals surface area contributed by atoms with Crippen LogP contribution in [-0.4, -0.2) is 38.7 Å². The summed E-state index contributed by atoms with van der Waals surface area (Å²) >= 11 is 0. The number of benzene rings is 1. The first-order chi connectivity index (χ1) is 19.7. The molecule has 9 nitrogen and oxygen atoms in total. The third-order valence-electron chi connectivity index (χ3n) is 8.91. The number of halogens is 1. The van der Waals surface area contributed by atoms with E-state index in [1.807, 2.05) is 27.7 Å². The molecule has 0 bridgehead atoms. The molecule has 0 saturated carbocycles. The van der Waals surface area contributed by atoms with Gasteiger partial charge in [-0.3, -0.25) is 9.59 Å². The third-order valence-corrected chi connectivity index (χ3v) is 8.91. The second kappa shape index (κ2) is 9.70. The molecule has 0 unspecified atom stereocenters. The van der Waals surface area contributed by atoms with Crippen LogP contribution in [0, 0.1) is 18.7 Å². The monoisotopic (exact) mass is 577 g/mol. The first-order valence-electron chi connectivity index (χ1n) is 14.5. The Morgan fingerprint density at radius 1 is 1.29 bits per heavy atom. The molecule has 2 aliphatic heterocycles. The second-order valence-electron chi connectivity index (χ2n) is 12.7. The Balaban J connectivity index is 1.51. The number of aryl methyl sites for hydroxylation is 1. The summed E-state index contributed by atoms with van der Waals surface area (Å²) in [6, 6.07) is 2.66. The van der Waals surface area contributed by atoms with Crippen LogP contribution >= 0.6 is 0 Å². The number of fused-ring (bicyclic) bond motifs is 5. The fourth-order valence-corrected chi connectivity index (χ4v) is 6.46. The van der Waals surface area contributed by atoms with Crippen LogP contribution in [0.5, 0.6) is 0 Å². The van der Waals surface area contributed by atoms with Crippen molar-refractivity contribution in [3.05, 3.63) is 61.7 Å². The summed E-state index contributed by atoms with van der Waals surface area (Å²) < 4.78 is 27.7. The molecule has 6 rings (SSSR count). The van der Waals surface area contributed by atoms with Crippen LogP contribution in [0.4, 0.5) is 4.39 Å². The van der Waals surface area contributed by atoms with Gasteiger partial charge < -0.3 is 24.5 Å². The summed E-state index contributed by atoms with van der Waals surface area (Å²) in [5, 5.41) is 15.2. The smallest absolute Gasteiger partial charge is 0.343 e. The summed E-state index contributed by atoms with van der Waals surface area (Å²) in [7, 11) is 0. The fraction of sp³-hybridized carbons (Fsp3) is 0.500. The van der Waals surface area contributed by atoms with E-state index in [0.29, 0.717) is 35.3 Å². The molecule has 2 aromatic heterocycles. The number of carbonyl (C=O) groups is 2. The van der Waals surface area contributed by atoms with E-state index in [1.54, 1.807) is 24.5 Å². The average Bonchev–Trinajstić information content (AvgIpc) is 3.31. The largest absolute Gasteiger partial charge is 0.458 e. The van der Waals surface area contributed by atoms with E-state index in [2.05, 4.69) is 5.32 Å². The molecule has 3 aromatic rings. The van der Waals surface area contributed by atoms with E-state index in [1.165, 1.54) is 6.07 Å². The zero-order valence-electron chi connectivity index (χ0n) is 24.8. The quantitative estimate of drug-likeness (QED) is 0.343. The lowest BCUT2D eigenvalue weighted by Crippen LogP contribution is -2.44. The van der Waals surface area contributed by atoms with Gasteiger partial charge >= 0.3 is 5.97 Å². The number of cyclic esters (lactones) is 1. The van der Waals surface area contributed by atoms with Gasteiger partial charge in [-0.15, -0.1) is 0 Å². The molecule has 1 aliphatic carbocycles. The number of carbonyl (C=O) groups excluding carboxylic acids is 2. The Hall–Kier alpha value is -3.63. The van der Waals surface area contributed by atoms with Gasteiger partial charge in [0.25, 0.3) is 5.56 Å². The number of nitrogens with one attached hydrogen (secondary N) is 1. The van der Waals surface area contributed by atoms with Crippen molar-refractivity contribution in [2.24, 2.45) is 5.92 Å². The van der Waals surface area contributed by atoms with Gasteiger partial charge in [-0.25, -0.2) is 14.2 Å². The minimum absolute atomic E-state index is 0.0318. The maximum Gasteiger partial charge on any atom is 0.343 e. The van der Waals surface area contributed by atoms with Crippen LogP contribution in [0.1, 0.15) is 86.9 Å². The third kappa shape index (κ3) is 4.26. The fourth-order valence-electron chi connectivity index (χ4n) is 6.46. The minimum Gasteiger partial charge on any atom is -0.458 e. The SMILES string of the molecule is CC[C@@]1(O)C(=O)OCc2c1cc1n(c2=O)Cc2c-1nc1cc(F)c(C)c3c1c2[C@@H](NC(=O)[C@@H](C)COC(C)(C)C)CC3. The first-order valence-corrected chi connectivity index (χ1v) is 14.5. The van der Waals surface area contributed by atoms with Crippen molar-refractivity contribution in [1.82, 2.24) is 14.9 Å². The standard InChI is InChI=1S/C32H36FN3O6/c1-7-32(40)20-10-24-27-18(12-36(24)29(38)19(20)14-41-30(32)39)26-22(35-28(37)15(2)13-42-31(4,5)6)9-8-17-16(3)21(33)11-23(34-27)25(17)26/h10-11,15,22,40H,7-9,12-14H2,1-6H3,(H,35,37)/t15-,22-,32-/m0/s1. The lowest BCUT2D eigenvalue weighted by atomic mass is 9.81. The lowest BCUT2D eigenvalue weighted by Gasteiger charge is -2.31. The summed E-state index contributed by atoms with van der Waals surface area (Å²) in [6.45, 7) is 11.3. The van der Waals surface area contributed by atoms with E-state index in [4.69, 9.17) is 14.5 Å². The molecule has 10 heteroatoms. The van der Waals surface area contributed by atoms with Crippen LogP contribution in [0.3, 0.4) is 0 Å². The summed E-state index contributed by atoms with van der Waals surface area (Å²) in [6.07, 6.45) is 1.15. The van der Waals surface area contributed by atoms with Gasteiger partial charge in [0, 0.05) is 22.6 Å². The highest BCUT2D eigenvalue weighted by atomic mass is 19.1. The number of aromatic nitrogens is 2. The average molecular weight is 578 g/mol. The van der Waals surface area contributed by atoms with Crippen molar-refractivity contribution in [3.8, 4) is 11.4 Å². The lowest BCUT2D eigenvalue weighted by molar-refractivity contribution is -0.172. The van der Waals surface area contributed by atoms with E-state index < -0.39 is 17.5 Å². The van der Waals surface area contributed by atoms with E-state index in [0.717, 1.165) is 22.1 Å². The van der Waals surface area contributed by atoms with Gasteiger partial charge in [0.2, 0.25) is 5.91 Å². The summed E-state index contributed by atoms with van der Waals surface area (Å²) in [4.78, 5) is 44.6. The topological polar surface area (TPSA) is 120 Å². The Kier molecular flexibility index (Phi) is 6.58. The van der Waals surface area contributed by atoms with E-state index in [-0.39, 0.29) is 66.2 Å². The first kappa shape index (κ1) is 28.5. The van der Waals surface area contributed by atoms with Crippen LogP contribution < -0.4 is 10.9 Å². The van der Waals surface area contributed by atoms with Crippen molar-refractivity contribution in [2.75, 3.05) is 6.61 Å². The molecule has 0 spiro atoms. The van der Waals surface area contributed by atoms with Gasteiger partial charge in [0.15, 0.2) is 5.60 Å². The molecule has 1 aromatic carbocycles. The maximum atomic E-state index is 15.1. The number of ether oxygens (including phenoxy) is 2. The molecule has 2 N–H and O–H groups in total. The summed E-state index contributed by atoms with van der Waals surface area (Å²) in [5.41, 5.74) is 2.11. The van der Waals surface area contributed by atoms with Gasteiger partial charge in [0.1, 0.15) is 12.4 Å². The number of nitrogens with zero attached hydrogens (tertiary/aromatic N) is 2. The van der Waals surface area contributed by atoms with E-state index >= 15 is 4.39 Å². The maximum absolute atomic E-state index is 15.1. The Labute approximate surface area is 243 Å². The number of aliphatic hydroxyl groups is 1. The molecular weight excluding hydrogens is 541 g/mol. The summed E-state index contributed by atoms with van der Waals surface area (Å²) in [5.74, 6) is -1.72. The number of amides is 1. The van der Waals surface area contributed by atoms with Gasteiger partial charge in [-0.1, -0.05) is 13.8 Å². The van der Waals surface area contributed by atoms with Crippen LogP contribution in [-0.2, 0) is 44.2 Å². The number of hydrogen-bond donors (Lipinski definition) is 2. The second-order valence-corrected chi connectivity index (χ2v) is 12.7. The number of rotatable bonds is 5. The predicted molar refractivity (Wildman–Crippen MR) is 153 cm³/mol. The zero-order chi connectivity index (χ0) is 30.3.